The summed E-state index contributed by atoms with van der Waals surface area (Å²) in [6, 6.07) is 3.78. The zero-order chi connectivity index (χ0) is 24.4. The molecule has 0 bridgehead atoms. The normalized spacial score (nSPS) is 24.0. The van der Waals surface area contributed by atoms with Crippen LogP contribution in [0.15, 0.2) is 23.1 Å². The second-order valence-electron chi connectivity index (χ2n) is 8.66. The molecule has 1 heterocycles. The van der Waals surface area contributed by atoms with Gasteiger partial charge in [0.25, 0.3) is 0 Å². The second kappa shape index (κ2) is 10.0. The molecule has 1 saturated carbocycles. The molecule has 33 heavy (non-hydrogen) atoms. The van der Waals surface area contributed by atoms with E-state index in [1.807, 2.05) is 0 Å². The zero-order valence-corrected chi connectivity index (χ0v) is 19.9. The third-order valence-electron chi connectivity index (χ3n) is 6.15. The van der Waals surface area contributed by atoms with Crippen molar-refractivity contribution in [1.29, 1.82) is 0 Å². The van der Waals surface area contributed by atoms with Crippen LogP contribution < -0.4 is 4.74 Å². The van der Waals surface area contributed by atoms with Crippen molar-refractivity contribution in [2.45, 2.75) is 42.8 Å². The smallest absolute Gasteiger partial charge is 0.404 e. The van der Waals surface area contributed by atoms with Crippen LogP contribution in [0.3, 0.4) is 0 Å². The van der Waals surface area contributed by atoms with E-state index >= 15 is 0 Å². The zero-order valence-electron chi connectivity index (χ0n) is 18.2. The summed E-state index contributed by atoms with van der Waals surface area (Å²) in [4.78, 5) is 2.01. The van der Waals surface area contributed by atoms with Gasteiger partial charge in [-0.3, -0.25) is 4.90 Å². The standard InChI is InChI=1S/C20H28F4N2O5S2/c1-32(27,28)17-6-7-19(18(21)12-17)31-13-15-2-4-16(5-3-15)25-8-10-26(11-9-25)33(29,30)14-20(22,23)24/h6-7,12,15-16H,2-5,8-11,13-14H2,1H3/t15-,16-. The Balaban J connectivity index is 1.44. The van der Waals surface area contributed by atoms with Crippen molar-refractivity contribution in [3.8, 4) is 5.75 Å². The van der Waals surface area contributed by atoms with Crippen LogP contribution in [0.25, 0.3) is 0 Å². The van der Waals surface area contributed by atoms with Gasteiger partial charge < -0.3 is 4.74 Å². The largest absolute Gasteiger partial charge is 0.490 e. The highest BCUT2D eigenvalue weighted by atomic mass is 32.2. The highest BCUT2D eigenvalue weighted by Gasteiger charge is 2.40. The molecule has 3 rings (SSSR count). The van der Waals surface area contributed by atoms with Gasteiger partial charge in [0.1, 0.15) is 0 Å². The number of sulfonamides is 1. The highest BCUT2D eigenvalue weighted by Crippen LogP contribution is 2.30. The topological polar surface area (TPSA) is 84.0 Å². The molecule has 1 aromatic rings. The first kappa shape index (κ1) is 26.2. The van der Waals surface area contributed by atoms with Gasteiger partial charge in [0.15, 0.2) is 27.2 Å². The van der Waals surface area contributed by atoms with Crippen molar-refractivity contribution in [3.63, 3.8) is 0 Å². The number of nitrogens with zero attached hydrogens (tertiary/aromatic N) is 2. The van der Waals surface area contributed by atoms with Gasteiger partial charge in [-0.15, -0.1) is 0 Å². The van der Waals surface area contributed by atoms with E-state index in [-0.39, 0.29) is 35.7 Å². The fourth-order valence-corrected chi connectivity index (χ4v) is 6.31. The third-order valence-corrected chi connectivity index (χ3v) is 9.11. The lowest BCUT2D eigenvalue weighted by atomic mass is 9.85. The van der Waals surface area contributed by atoms with E-state index in [4.69, 9.17) is 4.74 Å². The van der Waals surface area contributed by atoms with Gasteiger partial charge in [0.05, 0.1) is 11.5 Å². The van der Waals surface area contributed by atoms with Crippen LogP contribution in [0.2, 0.25) is 0 Å². The van der Waals surface area contributed by atoms with Crippen LogP contribution in [-0.4, -0.2) is 83.1 Å². The van der Waals surface area contributed by atoms with Crippen LogP contribution in [-0.2, 0) is 19.9 Å². The van der Waals surface area contributed by atoms with Crippen molar-refractivity contribution in [1.82, 2.24) is 9.21 Å². The van der Waals surface area contributed by atoms with Gasteiger partial charge >= 0.3 is 6.18 Å². The van der Waals surface area contributed by atoms with Crippen molar-refractivity contribution in [2.75, 3.05) is 44.8 Å². The van der Waals surface area contributed by atoms with E-state index < -0.39 is 37.6 Å². The molecule has 0 radical (unpaired) electrons. The van der Waals surface area contributed by atoms with Crippen molar-refractivity contribution >= 4 is 19.9 Å². The molecule has 0 amide bonds. The molecule has 0 aromatic heterocycles. The highest BCUT2D eigenvalue weighted by molar-refractivity contribution is 7.90. The van der Waals surface area contributed by atoms with Crippen LogP contribution in [0.1, 0.15) is 25.7 Å². The average molecular weight is 517 g/mol. The molecule has 0 unspecified atom stereocenters. The molecule has 0 atom stereocenters. The van der Waals surface area contributed by atoms with Gasteiger partial charge in [-0.25, -0.2) is 21.2 Å². The van der Waals surface area contributed by atoms with Crippen LogP contribution in [0.5, 0.6) is 5.75 Å². The Bertz CT molecular complexity index is 1030. The molecule has 2 aliphatic rings. The Kier molecular flexibility index (Phi) is 7.97. The molecule has 188 valence electrons. The lowest BCUT2D eigenvalue weighted by molar-refractivity contribution is -0.107. The van der Waals surface area contributed by atoms with Crippen LogP contribution in [0, 0.1) is 11.7 Å². The number of hydrogen-bond donors (Lipinski definition) is 0. The maximum absolute atomic E-state index is 14.1. The minimum atomic E-state index is -4.75. The molecular formula is C20H28F4N2O5S2. The SMILES string of the molecule is CS(=O)(=O)c1ccc(OC[C@H]2CC[C@H](N3CCN(S(=O)(=O)CC(F)(F)F)CC3)CC2)c(F)c1. The number of halogens is 4. The molecule has 0 N–H and O–H groups in total. The summed E-state index contributed by atoms with van der Waals surface area (Å²) in [6.07, 6.45) is -0.449. The Hall–Kier alpha value is -1.44. The lowest BCUT2D eigenvalue weighted by Crippen LogP contribution is -2.53. The van der Waals surface area contributed by atoms with Gasteiger partial charge in [-0.2, -0.15) is 17.5 Å². The van der Waals surface area contributed by atoms with Gasteiger partial charge in [-0.1, -0.05) is 0 Å². The number of alkyl halides is 3. The Morgan fingerprint density at radius 3 is 2.12 bits per heavy atom. The summed E-state index contributed by atoms with van der Waals surface area (Å²) >= 11 is 0. The summed E-state index contributed by atoms with van der Waals surface area (Å²) < 4.78 is 105. The van der Waals surface area contributed by atoms with Gasteiger partial charge in [0, 0.05) is 38.5 Å². The van der Waals surface area contributed by atoms with Crippen molar-refractivity contribution < 1.29 is 39.1 Å². The first-order valence-corrected chi connectivity index (χ1v) is 14.2. The minimum Gasteiger partial charge on any atom is -0.490 e. The van der Waals surface area contributed by atoms with E-state index in [2.05, 4.69) is 4.90 Å². The number of rotatable bonds is 7. The van der Waals surface area contributed by atoms with Crippen molar-refractivity contribution in [3.05, 3.63) is 24.0 Å². The molecule has 7 nitrogen and oxygen atoms in total. The molecule has 1 aliphatic heterocycles. The Morgan fingerprint density at radius 2 is 1.61 bits per heavy atom. The summed E-state index contributed by atoms with van der Waals surface area (Å²) in [6.45, 7) is 1.17. The molecule has 1 saturated heterocycles. The maximum atomic E-state index is 14.1. The number of piperazine rings is 1. The monoisotopic (exact) mass is 516 g/mol. The number of hydrogen-bond acceptors (Lipinski definition) is 6. The van der Waals surface area contributed by atoms with Gasteiger partial charge in [0.2, 0.25) is 10.0 Å². The van der Waals surface area contributed by atoms with E-state index in [0.29, 0.717) is 19.7 Å². The molecule has 2 fully saturated rings. The fraction of sp³-hybridized carbons (Fsp3) is 0.700. The predicted octanol–water partition coefficient (Wildman–Crippen LogP) is 2.68. The van der Waals surface area contributed by atoms with Crippen molar-refractivity contribution in [2.24, 2.45) is 5.92 Å². The maximum Gasteiger partial charge on any atom is 0.404 e. The van der Waals surface area contributed by atoms with Gasteiger partial charge in [-0.05, 0) is 49.8 Å². The van der Waals surface area contributed by atoms with E-state index in [0.717, 1.165) is 42.3 Å². The van der Waals surface area contributed by atoms with E-state index in [1.165, 1.54) is 12.1 Å². The van der Waals surface area contributed by atoms with E-state index in [9.17, 15) is 34.4 Å². The Labute approximate surface area is 191 Å². The van der Waals surface area contributed by atoms with Crippen LogP contribution >= 0.6 is 0 Å². The number of benzene rings is 1. The molecule has 0 spiro atoms. The number of sulfone groups is 1. The predicted molar refractivity (Wildman–Crippen MR) is 114 cm³/mol. The minimum absolute atomic E-state index is 0.000659. The first-order chi connectivity index (χ1) is 15.2. The fourth-order valence-electron chi connectivity index (χ4n) is 4.36. The Morgan fingerprint density at radius 1 is 1.00 bits per heavy atom. The average Bonchev–Trinajstić information content (AvgIpc) is 2.71. The molecular weight excluding hydrogens is 488 g/mol. The summed E-state index contributed by atoms with van der Waals surface area (Å²) in [5.41, 5.74) is 0. The lowest BCUT2D eigenvalue weighted by Gasteiger charge is -2.41. The summed E-state index contributed by atoms with van der Waals surface area (Å²) in [7, 11) is -7.85. The van der Waals surface area contributed by atoms with Crippen LogP contribution in [0.4, 0.5) is 17.6 Å². The molecule has 1 aromatic carbocycles. The summed E-state index contributed by atoms with van der Waals surface area (Å²) in [5, 5.41) is 0. The third kappa shape index (κ3) is 7.27. The molecule has 13 heteroatoms. The quantitative estimate of drug-likeness (QED) is 0.519. The molecule has 1 aliphatic carbocycles. The second-order valence-corrected chi connectivity index (χ2v) is 12.6. The number of ether oxygens (including phenoxy) is 1. The first-order valence-electron chi connectivity index (χ1n) is 10.7. The van der Waals surface area contributed by atoms with E-state index in [1.54, 1.807) is 0 Å². The summed E-state index contributed by atoms with van der Waals surface area (Å²) in [5.74, 6) is -2.36.